The van der Waals surface area contributed by atoms with Crippen molar-refractivity contribution in [1.29, 1.82) is 0 Å². The van der Waals surface area contributed by atoms with Gasteiger partial charge in [-0.2, -0.15) is 0 Å². The van der Waals surface area contributed by atoms with E-state index in [9.17, 15) is 9.59 Å². The maximum atomic E-state index is 12.4. The lowest BCUT2D eigenvalue weighted by molar-refractivity contribution is -0.131. The molecule has 0 radical (unpaired) electrons. The van der Waals surface area contributed by atoms with Gasteiger partial charge in [-0.15, -0.1) is 0 Å². The molecule has 0 aromatic heterocycles. The van der Waals surface area contributed by atoms with E-state index in [1.165, 1.54) is 5.56 Å². The van der Waals surface area contributed by atoms with Crippen LogP contribution in [0.5, 0.6) is 0 Å². The van der Waals surface area contributed by atoms with Gasteiger partial charge in [0.1, 0.15) is 0 Å². The van der Waals surface area contributed by atoms with Crippen LogP contribution in [0.3, 0.4) is 0 Å². The first-order valence-corrected chi connectivity index (χ1v) is 8.83. The van der Waals surface area contributed by atoms with E-state index >= 15 is 0 Å². The molecule has 5 heteroatoms. The van der Waals surface area contributed by atoms with Crippen molar-refractivity contribution in [3.63, 3.8) is 0 Å². The minimum absolute atomic E-state index is 0.153. The van der Waals surface area contributed by atoms with E-state index in [0.29, 0.717) is 18.5 Å². The number of benzene rings is 2. The number of nitrogens with zero attached hydrogens (tertiary/aromatic N) is 1. The summed E-state index contributed by atoms with van der Waals surface area (Å²) in [6, 6.07) is 13.3. The summed E-state index contributed by atoms with van der Waals surface area (Å²) in [7, 11) is 0. The summed E-state index contributed by atoms with van der Waals surface area (Å²) in [5, 5.41) is 2.93. The lowest BCUT2D eigenvalue weighted by Crippen LogP contribution is -2.35. The molecular formula is C19H19BrN2O2. The van der Waals surface area contributed by atoms with Gasteiger partial charge in [0.05, 0.1) is 5.56 Å². The van der Waals surface area contributed by atoms with Crippen molar-refractivity contribution in [3.8, 4) is 0 Å². The number of anilines is 1. The number of nitrogens with one attached hydrogen (secondary N) is 1. The van der Waals surface area contributed by atoms with Crippen LogP contribution in [0.15, 0.2) is 46.9 Å². The number of carbonyl (C=O) groups excluding carboxylic acids is 2. The van der Waals surface area contributed by atoms with Crippen LogP contribution in [0, 0.1) is 0 Å². The smallest absolute Gasteiger partial charge is 0.256 e. The van der Waals surface area contributed by atoms with Gasteiger partial charge in [-0.3, -0.25) is 9.59 Å². The molecule has 0 fully saturated rings. The molecular weight excluding hydrogens is 368 g/mol. The third-order valence-corrected chi connectivity index (χ3v) is 4.94. The van der Waals surface area contributed by atoms with Crippen molar-refractivity contribution < 1.29 is 9.59 Å². The van der Waals surface area contributed by atoms with E-state index in [4.69, 9.17) is 0 Å². The molecule has 1 N–H and O–H groups in total. The summed E-state index contributed by atoms with van der Waals surface area (Å²) in [4.78, 5) is 26.2. The predicted octanol–water partition coefficient (Wildman–Crippen LogP) is 4.00. The van der Waals surface area contributed by atoms with Gasteiger partial charge >= 0.3 is 0 Å². The highest BCUT2D eigenvalue weighted by atomic mass is 79.9. The summed E-state index contributed by atoms with van der Waals surface area (Å²) in [6.07, 6.45) is 1.38. The molecule has 124 valence electrons. The van der Waals surface area contributed by atoms with Gasteiger partial charge in [0.25, 0.3) is 5.91 Å². The molecule has 1 heterocycles. The molecule has 1 aliphatic rings. The molecule has 3 rings (SSSR count). The Balaban J connectivity index is 1.78. The highest BCUT2D eigenvalue weighted by Crippen LogP contribution is 2.24. The van der Waals surface area contributed by atoms with Crippen molar-refractivity contribution in [2.75, 3.05) is 11.9 Å². The summed E-state index contributed by atoms with van der Waals surface area (Å²) in [5.41, 5.74) is 3.69. The maximum Gasteiger partial charge on any atom is 0.256 e. The fourth-order valence-electron chi connectivity index (χ4n) is 2.92. The molecule has 0 unspecified atom stereocenters. The van der Waals surface area contributed by atoms with Gasteiger partial charge < -0.3 is 10.2 Å². The zero-order chi connectivity index (χ0) is 17.1. The monoisotopic (exact) mass is 386 g/mol. The van der Waals surface area contributed by atoms with E-state index < -0.39 is 0 Å². The summed E-state index contributed by atoms with van der Waals surface area (Å²) < 4.78 is 0.764. The summed E-state index contributed by atoms with van der Waals surface area (Å²) in [6.45, 7) is 3.26. The normalized spacial score (nSPS) is 13.3. The van der Waals surface area contributed by atoms with Crippen molar-refractivity contribution >= 4 is 33.4 Å². The van der Waals surface area contributed by atoms with Crippen molar-refractivity contribution in [2.45, 2.75) is 26.3 Å². The van der Waals surface area contributed by atoms with Crippen LogP contribution >= 0.6 is 15.9 Å². The number of carbonyl (C=O) groups is 2. The average Bonchev–Trinajstić information content (AvgIpc) is 2.60. The number of hydrogen-bond donors (Lipinski definition) is 1. The largest absolute Gasteiger partial charge is 0.338 e. The second kappa shape index (κ2) is 7.18. The molecule has 1 aliphatic heterocycles. The third-order valence-electron chi connectivity index (χ3n) is 4.25. The van der Waals surface area contributed by atoms with Crippen LogP contribution in [-0.2, 0) is 17.8 Å². The summed E-state index contributed by atoms with van der Waals surface area (Å²) >= 11 is 3.40. The Kier molecular flexibility index (Phi) is 5.00. The van der Waals surface area contributed by atoms with Gasteiger partial charge in [-0.05, 0) is 57.7 Å². The molecule has 2 amide bonds. The maximum absolute atomic E-state index is 12.4. The van der Waals surface area contributed by atoms with Crippen LogP contribution < -0.4 is 5.32 Å². The molecule has 0 spiro atoms. The van der Waals surface area contributed by atoms with E-state index in [2.05, 4.69) is 21.2 Å². The van der Waals surface area contributed by atoms with Crippen LogP contribution in [-0.4, -0.2) is 23.3 Å². The van der Waals surface area contributed by atoms with E-state index in [1.807, 2.05) is 48.2 Å². The zero-order valence-electron chi connectivity index (χ0n) is 13.5. The lowest BCUT2D eigenvalue weighted by atomic mass is 9.98. The van der Waals surface area contributed by atoms with E-state index in [0.717, 1.165) is 28.7 Å². The van der Waals surface area contributed by atoms with Crippen molar-refractivity contribution in [3.05, 3.63) is 63.6 Å². The second-order valence-corrected chi connectivity index (χ2v) is 6.69. The number of hydrogen-bond acceptors (Lipinski definition) is 2. The Morgan fingerprint density at radius 3 is 2.71 bits per heavy atom. The SMILES string of the molecule is CCC(=O)N1CCc2ccc(NC(=O)c3ccccc3Br)cc2C1. The third kappa shape index (κ3) is 3.51. The van der Waals surface area contributed by atoms with E-state index in [1.54, 1.807) is 6.07 Å². The lowest BCUT2D eigenvalue weighted by Gasteiger charge is -2.29. The molecule has 24 heavy (non-hydrogen) atoms. The first kappa shape index (κ1) is 16.7. The Hall–Kier alpha value is -2.14. The van der Waals surface area contributed by atoms with Crippen LogP contribution in [0.4, 0.5) is 5.69 Å². The van der Waals surface area contributed by atoms with Gasteiger partial charge in [0.15, 0.2) is 0 Å². The number of rotatable bonds is 3. The highest BCUT2D eigenvalue weighted by Gasteiger charge is 2.20. The Bertz CT molecular complexity index is 789. The van der Waals surface area contributed by atoms with Crippen molar-refractivity contribution in [2.24, 2.45) is 0 Å². The molecule has 0 atom stereocenters. The molecule has 2 aromatic rings. The number of halogens is 1. The van der Waals surface area contributed by atoms with Crippen molar-refractivity contribution in [1.82, 2.24) is 4.90 Å². The van der Waals surface area contributed by atoms with Gasteiger partial charge in [0, 0.05) is 29.7 Å². The summed E-state index contributed by atoms with van der Waals surface area (Å²) in [5.74, 6) is 0.0167. The quantitative estimate of drug-likeness (QED) is 0.866. The molecule has 0 bridgehead atoms. The van der Waals surface area contributed by atoms with Gasteiger partial charge in [0.2, 0.25) is 5.91 Å². The van der Waals surface area contributed by atoms with Gasteiger partial charge in [-0.1, -0.05) is 25.1 Å². The Labute approximate surface area is 150 Å². The van der Waals surface area contributed by atoms with Crippen LogP contribution in [0.25, 0.3) is 0 Å². The molecule has 0 saturated carbocycles. The first-order chi connectivity index (χ1) is 11.6. The zero-order valence-corrected chi connectivity index (χ0v) is 15.1. The first-order valence-electron chi connectivity index (χ1n) is 8.04. The molecule has 0 aliphatic carbocycles. The molecule has 2 aromatic carbocycles. The van der Waals surface area contributed by atoms with Crippen LogP contribution in [0.2, 0.25) is 0 Å². The standard InChI is InChI=1S/C19H19BrN2O2/c1-2-18(23)22-10-9-13-7-8-15(11-14(13)12-22)21-19(24)16-5-3-4-6-17(16)20/h3-8,11H,2,9-10,12H2,1H3,(H,21,24). The molecule has 0 saturated heterocycles. The predicted molar refractivity (Wildman–Crippen MR) is 97.9 cm³/mol. The number of fused-ring (bicyclic) bond motifs is 1. The minimum atomic E-state index is -0.153. The van der Waals surface area contributed by atoms with Gasteiger partial charge in [-0.25, -0.2) is 0 Å². The fraction of sp³-hybridized carbons (Fsp3) is 0.263. The topological polar surface area (TPSA) is 49.4 Å². The molecule has 4 nitrogen and oxygen atoms in total. The fourth-order valence-corrected chi connectivity index (χ4v) is 3.38. The minimum Gasteiger partial charge on any atom is -0.338 e. The van der Waals surface area contributed by atoms with Crippen LogP contribution in [0.1, 0.15) is 34.8 Å². The second-order valence-electron chi connectivity index (χ2n) is 5.84. The Morgan fingerprint density at radius 2 is 1.96 bits per heavy atom. The Morgan fingerprint density at radius 1 is 1.17 bits per heavy atom. The van der Waals surface area contributed by atoms with E-state index in [-0.39, 0.29) is 11.8 Å². The number of amides is 2. The average molecular weight is 387 g/mol. The highest BCUT2D eigenvalue weighted by molar-refractivity contribution is 9.10.